The molecule has 9 nitrogen and oxygen atoms in total. The fourth-order valence-corrected chi connectivity index (χ4v) is 6.50. The first-order valence-electron chi connectivity index (χ1n) is 15.0. The smallest absolute Gasteiger partial charge is 0.310 e. The number of methoxy groups -OCH3 is 1. The van der Waals surface area contributed by atoms with Crippen LogP contribution in [0, 0.1) is 19.8 Å². The Hall–Kier alpha value is -3.79. The van der Waals surface area contributed by atoms with Gasteiger partial charge in [-0.15, -0.1) is 0 Å². The maximum atomic E-state index is 13.3. The standard InChI is InChI=1S/C33H41N5O4S/c1-5-42-32(40)27-10-7-15-38(21-27)31(39)26-9-6-8-25(20-26)22-43-33-34-24(3)23(2)30(35-33)37-18-16-36(17-19-37)28-11-13-29(41-4)14-12-28/h6,8-9,11-14,20,27H,5,7,10,15-19,21-22H2,1-4H3/t27-/m0/s1. The lowest BCUT2D eigenvalue weighted by Crippen LogP contribution is -2.47. The molecule has 2 aliphatic rings. The quantitative estimate of drug-likeness (QED) is 0.188. The number of anilines is 2. The van der Waals surface area contributed by atoms with Crippen molar-refractivity contribution in [3.8, 4) is 5.75 Å². The number of thioether (sulfide) groups is 1. The number of piperazine rings is 1. The molecule has 3 heterocycles. The van der Waals surface area contributed by atoms with Crippen LogP contribution in [-0.4, -0.2) is 79.7 Å². The zero-order valence-electron chi connectivity index (χ0n) is 25.5. The number of piperidine rings is 1. The van der Waals surface area contributed by atoms with Crippen LogP contribution in [0.2, 0.25) is 0 Å². The summed E-state index contributed by atoms with van der Waals surface area (Å²) in [5.41, 5.74) is 4.96. The molecule has 2 saturated heterocycles. The molecule has 2 fully saturated rings. The average Bonchev–Trinajstić information content (AvgIpc) is 3.05. The van der Waals surface area contributed by atoms with E-state index in [0.29, 0.717) is 31.0 Å². The molecule has 0 spiro atoms. The molecule has 0 saturated carbocycles. The number of hydrogen-bond donors (Lipinski definition) is 0. The van der Waals surface area contributed by atoms with Gasteiger partial charge in [-0.25, -0.2) is 9.97 Å². The summed E-state index contributed by atoms with van der Waals surface area (Å²) in [6, 6.07) is 16.0. The molecule has 43 heavy (non-hydrogen) atoms. The van der Waals surface area contributed by atoms with Crippen molar-refractivity contribution in [1.29, 1.82) is 0 Å². The Labute approximate surface area is 258 Å². The SMILES string of the molecule is CCOC(=O)[C@H]1CCCN(C(=O)c2cccc(CSc3nc(C)c(C)c(N4CCN(c5ccc(OC)cc5)CC4)n3)c2)C1. The van der Waals surface area contributed by atoms with Crippen LogP contribution >= 0.6 is 11.8 Å². The number of nitrogens with zero attached hydrogens (tertiary/aromatic N) is 5. The lowest BCUT2D eigenvalue weighted by Gasteiger charge is -2.37. The normalized spacial score (nSPS) is 17.1. The molecular formula is C33H41N5O4S. The summed E-state index contributed by atoms with van der Waals surface area (Å²) in [4.78, 5) is 41.9. The number of esters is 1. The largest absolute Gasteiger partial charge is 0.497 e. The minimum Gasteiger partial charge on any atom is -0.497 e. The number of rotatable bonds is 9. The monoisotopic (exact) mass is 603 g/mol. The Kier molecular flexibility index (Phi) is 10.1. The van der Waals surface area contributed by atoms with Crippen LogP contribution in [0.5, 0.6) is 5.75 Å². The van der Waals surface area contributed by atoms with Gasteiger partial charge in [0.2, 0.25) is 0 Å². The summed E-state index contributed by atoms with van der Waals surface area (Å²) < 4.78 is 10.5. The van der Waals surface area contributed by atoms with Gasteiger partial charge in [-0.3, -0.25) is 9.59 Å². The number of carbonyl (C=O) groups is 2. The molecule has 5 rings (SSSR count). The Bertz CT molecular complexity index is 1430. The summed E-state index contributed by atoms with van der Waals surface area (Å²) >= 11 is 1.58. The second kappa shape index (κ2) is 14.1. The van der Waals surface area contributed by atoms with Gasteiger partial charge < -0.3 is 24.2 Å². The highest BCUT2D eigenvalue weighted by Crippen LogP contribution is 2.29. The predicted molar refractivity (Wildman–Crippen MR) is 170 cm³/mol. The maximum Gasteiger partial charge on any atom is 0.310 e. The van der Waals surface area contributed by atoms with Crippen LogP contribution in [0.4, 0.5) is 11.5 Å². The molecule has 0 unspecified atom stereocenters. The summed E-state index contributed by atoms with van der Waals surface area (Å²) in [5.74, 6) is 2.01. The van der Waals surface area contributed by atoms with Gasteiger partial charge >= 0.3 is 5.97 Å². The molecule has 1 aromatic heterocycles. The Morgan fingerprint density at radius 3 is 2.44 bits per heavy atom. The van der Waals surface area contributed by atoms with E-state index in [1.165, 1.54) is 5.69 Å². The van der Waals surface area contributed by atoms with Crippen LogP contribution in [0.25, 0.3) is 0 Å². The van der Waals surface area contributed by atoms with Gasteiger partial charge in [-0.05, 0) is 75.6 Å². The first kappa shape index (κ1) is 30.7. The molecule has 0 aliphatic carbocycles. The van der Waals surface area contributed by atoms with E-state index >= 15 is 0 Å². The molecule has 1 amide bonds. The highest BCUT2D eigenvalue weighted by molar-refractivity contribution is 7.98. The van der Waals surface area contributed by atoms with Gasteiger partial charge in [0.05, 0.1) is 19.6 Å². The third kappa shape index (κ3) is 7.41. The first-order valence-corrected chi connectivity index (χ1v) is 16.0. The van der Waals surface area contributed by atoms with Crippen molar-refractivity contribution < 1.29 is 19.1 Å². The molecule has 0 bridgehead atoms. The number of amides is 1. The number of likely N-dealkylation sites (tertiary alicyclic amines) is 1. The minimum atomic E-state index is -0.252. The molecule has 1 atom stereocenters. The molecule has 0 radical (unpaired) electrons. The second-order valence-electron chi connectivity index (χ2n) is 11.0. The van der Waals surface area contributed by atoms with Crippen molar-refractivity contribution in [3.05, 3.63) is 70.9 Å². The molecule has 228 valence electrons. The third-order valence-electron chi connectivity index (χ3n) is 8.23. The van der Waals surface area contributed by atoms with Crippen molar-refractivity contribution in [1.82, 2.24) is 14.9 Å². The summed E-state index contributed by atoms with van der Waals surface area (Å²) in [6.45, 7) is 10.9. The molecule has 2 aliphatic heterocycles. The van der Waals surface area contributed by atoms with E-state index in [4.69, 9.17) is 19.4 Å². The van der Waals surface area contributed by atoms with Crippen molar-refractivity contribution in [3.63, 3.8) is 0 Å². The van der Waals surface area contributed by atoms with Crippen molar-refractivity contribution in [2.45, 2.75) is 44.5 Å². The zero-order chi connectivity index (χ0) is 30.3. The van der Waals surface area contributed by atoms with Gasteiger partial charge in [0, 0.05) is 67.5 Å². The maximum absolute atomic E-state index is 13.3. The van der Waals surface area contributed by atoms with Gasteiger partial charge in [0.25, 0.3) is 5.91 Å². The number of benzene rings is 2. The number of hydrogen-bond acceptors (Lipinski definition) is 9. The van der Waals surface area contributed by atoms with Crippen molar-refractivity contribution >= 4 is 35.1 Å². The minimum absolute atomic E-state index is 0.0423. The van der Waals surface area contributed by atoms with E-state index in [1.807, 2.05) is 50.2 Å². The van der Waals surface area contributed by atoms with Crippen molar-refractivity contribution in [2.24, 2.45) is 5.92 Å². The van der Waals surface area contributed by atoms with Crippen LogP contribution in [0.1, 0.15) is 46.9 Å². The van der Waals surface area contributed by atoms with Crippen LogP contribution in [0.15, 0.2) is 53.7 Å². The summed E-state index contributed by atoms with van der Waals surface area (Å²) in [6.07, 6.45) is 1.56. The van der Waals surface area contributed by atoms with Gasteiger partial charge in [0.1, 0.15) is 11.6 Å². The lowest BCUT2D eigenvalue weighted by molar-refractivity contribution is -0.149. The van der Waals surface area contributed by atoms with Gasteiger partial charge in [0.15, 0.2) is 5.16 Å². The highest BCUT2D eigenvalue weighted by Gasteiger charge is 2.30. The van der Waals surface area contributed by atoms with E-state index in [-0.39, 0.29) is 17.8 Å². The van der Waals surface area contributed by atoms with E-state index < -0.39 is 0 Å². The lowest BCUT2D eigenvalue weighted by atomic mass is 9.97. The van der Waals surface area contributed by atoms with E-state index in [1.54, 1.807) is 23.8 Å². The fourth-order valence-electron chi connectivity index (χ4n) is 5.67. The van der Waals surface area contributed by atoms with Gasteiger partial charge in [-0.1, -0.05) is 23.9 Å². The average molecular weight is 604 g/mol. The third-order valence-corrected chi connectivity index (χ3v) is 9.15. The zero-order valence-corrected chi connectivity index (χ0v) is 26.4. The number of aryl methyl sites for hydroxylation is 1. The second-order valence-corrected chi connectivity index (χ2v) is 12.0. The van der Waals surface area contributed by atoms with E-state index in [9.17, 15) is 9.59 Å². The van der Waals surface area contributed by atoms with Crippen LogP contribution in [0.3, 0.4) is 0 Å². The number of ether oxygens (including phenoxy) is 2. The fraction of sp³-hybridized carbons (Fsp3) is 0.455. The van der Waals surface area contributed by atoms with E-state index in [0.717, 1.165) is 72.6 Å². The van der Waals surface area contributed by atoms with E-state index in [2.05, 4.69) is 28.9 Å². The van der Waals surface area contributed by atoms with Gasteiger partial charge in [-0.2, -0.15) is 0 Å². The predicted octanol–water partition coefficient (Wildman–Crippen LogP) is 5.14. The van der Waals surface area contributed by atoms with Crippen LogP contribution in [-0.2, 0) is 15.3 Å². The molecule has 10 heteroatoms. The Morgan fingerprint density at radius 1 is 0.977 bits per heavy atom. The summed E-state index contributed by atoms with van der Waals surface area (Å²) in [7, 11) is 1.69. The highest BCUT2D eigenvalue weighted by atomic mass is 32.2. The number of carbonyl (C=O) groups excluding carboxylic acids is 2. The molecule has 3 aromatic rings. The van der Waals surface area contributed by atoms with Crippen molar-refractivity contribution in [2.75, 3.05) is 62.8 Å². The topological polar surface area (TPSA) is 88.1 Å². The first-order chi connectivity index (χ1) is 20.9. The Balaban J connectivity index is 1.21. The van der Waals surface area contributed by atoms with Crippen LogP contribution < -0.4 is 14.5 Å². The Morgan fingerprint density at radius 2 is 1.72 bits per heavy atom. The molecule has 2 aromatic carbocycles. The number of aromatic nitrogens is 2. The molecule has 0 N–H and O–H groups in total. The molecular weight excluding hydrogens is 562 g/mol. The summed E-state index contributed by atoms with van der Waals surface area (Å²) in [5, 5.41) is 0.737.